The zero-order valence-corrected chi connectivity index (χ0v) is 12.8. The van der Waals surface area contributed by atoms with Crippen molar-refractivity contribution in [3.8, 4) is 0 Å². The third-order valence-electron chi connectivity index (χ3n) is 3.06. The van der Waals surface area contributed by atoms with Crippen LogP contribution in [0.3, 0.4) is 0 Å². The Morgan fingerprint density at radius 1 is 1.11 bits per heavy atom. The summed E-state index contributed by atoms with van der Waals surface area (Å²) in [6.07, 6.45) is 1.07. The maximum Gasteiger partial charge on any atom is 0.330 e. The summed E-state index contributed by atoms with van der Waals surface area (Å²) in [6.45, 7) is 13.7. The molecule has 19 heavy (non-hydrogen) atoms. The molecule has 0 N–H and O–H groups in total. The van der Waals surface area contributed by atoms with Crippen molar-refractivity contribution in [2.45, 2.75) is 34.1 Å². The van der Waals surface area contributed by atoms with Gasteiger partial charge >= 0.3 is 5.97 Å². The Bertz CT molecular complexity index is 268. The smallest absolute Gasteiger partial charge is 0.330 e. The number of hydrogen-bond acceptors (Lipinski definition) is 5. The minimum Gasteiger partial charge on any atom is -0.380 e. The molecule has 5 heteroatoms. The van der Waals surface area contributed by atoms with Crippen LogP contribution in [0.4, 0.5) is 0 Å². The standard InChI is InChI=1S/C14H28N2O3/c1-5-11-18-12-10-15-6-8-16(9-7-15)19-13(17)14(2,3)4/h5-12H2,1-4H3. The summed E-state index contributed by atoms with van der Waals surface area (Å²) < 4.78 is 5.48. The summed E-state index contributed by atoms with van der Waals surface area (Å²) in [5.74, 6) is -0.160. The lowest BCUT2D eigenvalue weighted by atomic mass is 9.98. The van der Waals surface area contributed by atoms with Crippen LogP contribution >= 0.6 is 0 Å². The predicted octanol–water partition coefficient (Wildman–Crippen LogP) is 1.53. The summed E-state index contributed by atoms with van der Waals surface area (Å²) in [6, 6.07) is 0. The zero-order valence-electron chi connectivity index (χ0n) is 12.8. The van der Waals surface area contributed by atoms with Gasteiger partial charge in [0.05, 0.1) is 12.0 Å². The summed E-state index contributed by atoms with van der Waals surface area (Å²) in [5, 5.41) is 1.77. The highest BCUT2D eigenvalue weighted by Gasteiger charge is 2.27. The number of hydroxylamine groups is 2. The van der Waals surface area contributed by atoms with Gasteiger partial charge in [-0.15, -0.1) is 5.06 Å². The third-order valence-corrected chi connectivity index (χ3v) is 3.06. The van der Waals surface area contributed by atoms with Crippen molar-refractivity contribution in [1.82, 2.24) is 9.96 Å². The van der Waals surface area contributed by atoms with Crippen LogP contribution in [0.15, 0.2) is 0 Å². The Hall–Kier alpha value is -0.650. The molecule has 1 aliphatic rings. The first-order valence-electron chi connectivity index (χ1n) is 7.21. The van der Waals surface area contributed by atoms with Gasteiger partial charge in [0.15, 0.2) is 0 Å². The Morgan fingerprint density at radius 2 is 1.74 bits per heavy atom. The van der Waals surface area contributed by atoms with Crippen molar-refractivity contribution in [2.24, 2.45) is 5.41 Å². The van der Waals surface area contributed by atoms with Crippen molar-refractivity contribution in [1.29, 1.82) is 0 Å². The molecule has 0 saturated carbocycles. The summed E-state index contributed by atoms with van der Waals surface area (Å²) in [5.41, 5.74) is -0.439. The number of nitrogens with zero attached hydrogens (tertiary/aromatic N) is 2. The van der Waals surface area contributed by atoms with E-state index >= 15 is 0 Å². The molecule has 0 spiro atoms. The van der Waals surface area contributed by atoms with E-state index in [0.29, 0.717) is 0 Å². The van der Waals surface area contributed by atoms with Gasteiger partial charge in [0.25, 0.3) is 0 Å². The maximum atomic E-state index is 11.8. The van der Waals surface area contributed by atoms with Gasteiger partial charge in [0, 0.05) is 39.3 Å². The van der Waals surface area contributed by atoms with Gasteiger partial charge in [0.2, 0.25) is 0 Å². The molecule has 1 fully saturated rings. The van der Waals surface area contributed by atoms with E-state index in [0.717, 1.165) is 52.4 Å². The van der Waals surface area contributed by atoms with Crippen LogP contribution in [0, 0.1) is 5.41 Å². The second-order valence-electron chi connectivity index (χ2n) is 6.01. The predicted molar refractivity (Wildman–Crippen MR) is 74.7 cm³/mol. The Morgan fingerprint density at radius 3 is 2.26 bits per heavy atom. The van der Waals surface area contributed by atoms with Crippen LogP contribution in [0.1, 0.15) is 34.1 Å². The van der Waals surface area contributed by atoms with Gasteiger partial charge < -0.3 is 9.57 Å². The molecule has 1 aliphatic heterocycles. The molecule has 0 aliphatic carbocycles. The summed E-state index contributed by atoms with van der Waals surface area (Å²) in [7, 11) is 0. The van der Waals surface area contributed by atoms with Crippen LogP contribution in [0.5, 0.6) is 0 Å². The average Bonchev–Trinajstić information content (AvgIpc) is 2.35. The molecule has 0 aromatic rings. The first kappa shape index (κ1) is 16.4. The Labute approximate surface area is 116 Å². The molecule has 112 valence electrons. The first-order chi connectivity index (χ1) is 8.93. The topological polar surface area (TPSA) is 42.0 Å². The molecule has 0 amide bonds. The molecule has 1 rings (SSSR count). The van der Waals surface area contributed by atoms with Crippen LogP contribution in [0.2, 0.25) is 0 Å². The Kier molecular flexibility index (Phi) is 6.75. The second-order valence-corrected chi connectivity index (χ2v) is 6.01. The van der Waals surface area contributed by atoms with E-state index in [2.05, 4.69) is 11.8 Å². The summed E-state index contributed by atoms with van der Waals surface area (Å²) >= 11 is 0. The molecule has 0 aromatic carbocycles. The van der Waals surface area contributed by atoms with Crippen molar-refractivity contribution < 1.29 is 14.4 Å². The highest BCUT2D eigenvalue weighted by molar-refractivity contribution is 5.75. The van der Waals surface area contributed by atoms with Gasteiger partial charge in [-0.25, -0.2) is 4.79 Å². The van der Waals surface area contributed by atoms with Crippen LogP contribution in [-0.4, -0.2) is 61.9 Å². The number of hydrogen-bond donors (Lipinski definition) is 0. The SMILES string of the molecule is CCCOCCN1CCN(OC(=O)C(C)(C)C)CC1. The lowest BCUT2D eigenvalue weighted by Gasteiger charge is -2.34. The average molecular weight is 272 g/mol. The van der Waals surface area contributed by atoms with Crippen molar-refractivity contribution in [3.63, 3.8) is 0 Å². The van der Waals surface area contributed by atoms with Gasteiger partial charge in [-0.3, -0.25) is 4.90 Å². The Balaban J connectivity index is 2.17. The maximum absolute atomic E-state index is 11.8. The van der Waals surface area contributed by atoms with Gasteiger partial charge in [-0.2, -0.15) is 0 Å². The number of ether oxygens (including phenoxy) is 1. The molecule has 0 unspecified atom stereocenters. The van der Waals surface area contributed by atoms with E-state index in [1.54, 1.807) is 5.06 Å². The number of carbonyl (C=O) groups is 1. The minimum atomic E-state index is -0.439. The second kappa shape index (κ2) is 7.82. The quantitative estimate of drug-likeness (QED) is 0.686. The fraction of sp³-hybridized carbons (Fsp3) is 0.929. The minimum absolute atomic E-state index is 0.160. The largest absolute Gasteiger partial charge is 0.380 e. The molecule has 5 nitrogen and oxygen atoms in total. The lowest BCUT2D eigenvalue weighted by Crippen LogP contribution is -2.48. The highest BCUT2D eigenvalue weighted by atomic mass is 16.7. The third kappa shape index (κ3) is 6.36. The first-order valence-corrected chi connectivity index (χ1v) is 7.21. The van der Waals surface area contributed by atoms with Crippen molar-refractivity contribution in [3.05, 3.63) is 0 Å². The van der Waals surface area contributed by atoms with E-state index in [9.17, 15) is 4.79 Å². The highest BCUT2D eigenvalue weighted by Crippen LogP contribution is 2.16. The van der Waals surface area contributed by atoms with E-state index < -0.39 is 5.41 Å². The molecule has 1 heterocycles. The van der Waals surface area contributed by atoms with E-state index in [4.69, 9.17) is 9.57 Å². The van der Waals surface area contributed by atoms with E-state index in [1.807, 2.05) is 20.8 Å². The van der Waals surface area contributed by atoms with Crippen molar-refractivity contribution in [2.75, 3.05) is 45.9 Å². The molecular formula is C14H28N2O3. The fourth-order valence-electron chi connectivity index (χ4n) is 1.74. The van der Waals surface area contributed by atoms with Crippen LogP contribution < -0.4 is 0 Å². The van der Waals surface area contributed by atoms with Gasteiger partial charge in [-0.05, 0) is 27.2 Å². The monoisotopic (exact) mass is 272 g/mol. The molecule has 1 saturated heterocycles. The normalized spacial score (nSPS) is 18.5. The van der Waals surface area contributed by atoms with E-state index in [1.165, 1.54) is 0 Å². The lowest BCUT2D eigenvalue weighted by molar-refractivity contribution is -0.207. The molecule has 0 bridgehead atoms. The van der Waals surface area contributed by atoms with Crippen LogP contribution in [0.25, 0.3) is 0 Å². The summed E-state index contributed by atoms with van der Waals surface area (Å²) in [4.78, 5) is 19.5. The molecule has 0 aromatic heterocycles. The number of piperazine rings is 1. The van der Waals surface area contributed by atoms with Gasteiger partial charge in [0.1, 0.15) is 0 Å². The van der Waals surface area contributed by atoms with Gasteiger partial charge in [-0.1, -0.05) is 6.92 Å². The molecule has 0 radical (unpaired) electrons. The van der Waals surface area contributed by atoms with Crippen molar-refractivity contribution >= 4 is 5.97 Å². The molecule has 0 atom stereocenters. The van der Waals surface area contributed by atoms with E-state index in [-0.39, 0.29) is 5.97 Å². The number of rotatable bonds is 6. The number of carbonyl (C=O) groups excluding carboxylic acids is 1. The van der Waals surface area contributed by atoms with Crippen LogP contribution in [-0.2, 0) is 14.4 Å². The molecular weight excluding hydrogens is 244 g/mol. The fourth-order valence-corrected chi connectivity index (χ4v) is 1.74. The zero-order chi connectivity index (χ0) is 14.3.